The third-order valence-electron chi connectivity index (χ3n) is 5.75. The van der Waals surface area contributed by atoms with Crippen LogP contribution in [0.4, 0.5) is 0 Å². The Hall–Kier alpha value is -0.240. The minimum Gasteiger partial charge on any atom is -0.327 e. The molecule has 0 saturated heterocycles. The van der Waals surface area contributed by atoms with Crippen molar-refractivity contribution in [2.75, 3.05) is 0 Å². The van der Waals surface area contributed by atoms with Crippen LogP contribution in [0.2, 0.25) is 10.0 Å². The van der Waals surface area contributed by atoms with Gasteiger partial charge >= 0.3 is 0 Å². The fraction of sp³-hybridized carbons (Fsp3) is 0.625. The van der Waals surface area contributed by atoms with Gasteiger partial charge in [-0.15, -0.1) is 0 Å². The van der Waals surface area contributed by atoms with Crippen molar-refractivity contribution in [2.45, 2.75) is 31.7 Å². The normalized spacial score (nSPS) is 40.3. The van der Waals surface area contributed by atoms with Gasteiger partial charge in [-0.05, 0) is 79.0 Å². The summed E-state index contributed by atoms with van der Waals surface area (Å²) in [7, 11) is 0. The summed E-state index contributed by atoms with van der Waals surface area (Å²) in [6.07, 6.45) is 5.26. The Kier molecular flexibility index (Phi) is 2.88. The van der Waals surface area contributed by atoms with E-state index in [1.165, 1.54) is 19.3 Å². The van der Waals surface area contributed by atoms with Crippen molar-refractivity contribution in [3.05, 3.63) is 33.8 Å². The fourth-order valence-corrected chi connectivity index (χ4v) is 5.44. The van der Waals surface area contributed by atoms with Gasteiger partial charge in [0.05, 0.1) is 0 Å². The molecule has 1 nitrogen and oxygen atoms in total. The molecule has 3 saturated carbocycles. The van der Waals surface area contributed by atoms with E-state index < -0.39 is 0 Å². The summed E-state index contributed by atoms with van der Waals surface area (Å²) in [6.45, 7) is 0. The Bertz CT molecular complexity index is 499. The first-order valence-corrected chi connectivity index (χ1v) is 8.10. The molecule has 2 N–H and O–H groups in total. The third kappa shape index (κ3) is 1.93. The molecule has 4 rings (SSSR count). The molecule has 0 spiro atoms. The van der Waals surface area contributed by atoms with Crippen molar-refractivity contribution in [1.82, 2.24) is 0 Å². The SMILES string of the molecule is NC(Cc1cc(Cl)ccc1Cl)C1C2C3CCC(C3)C12. The minimum atomic E-state index is 0.259. The highest BCUT2D eigenvalue weighted by Gasteiger charge is 2.65. The van der Waals surface area contributed by atoms with Crippen molar-refractivity contribution in [3.8, 4) is 0 Å². The Morgan fingerprint density at radius 2 is 1.84 bits per heavy atom. The van der Waals surface area contributed by atoms with Gasteiger partial charge in [-0.3, -0.25) is 0 Å². The van der Waals surface area contributed by atoms with E-state index in [-0.39, 0.29) is 6.04 Å². The molecule has 3 aliphatic carbocycles. The standard InChI is InChI=1S/C16H19Cl2N/c17-11-3-4-12(18)10(6-11)7-13(19)16-14-8-1-2-9(5-8)15(14)16/h3-4,6,8-9,13-16H,1-2,5,7,19H2. The maximum atomic E-state index is 6.47. The molecular formula is C16H19Cl2N. The molecule has 0 amide bonds. The molecule has 5 unspecified atom stereocenters. The first-order chi connectivity index (χ1) is 9.15. The van der Waals surface area contributed by atoms with E-state index >= 15 is 0 Å². The van der Waals surface area contributed by atoms with Crippen molar-refractivity contribution in [3.63, 3.8) is 0 Å². The van der Waals surface area contributed by atoms with E-state index in [0.29, 0.717) is 0 Å². The van der Waals surface area contributed by atoms with Crippen LogP contribution in [0, 0.1) is 29.6 Å². The number of rotatable bonds is 3. The number of hydrogen-bond donors (Lipinski definition) is 1. The van der Waals surface area contributed by atoms with Crippen LogP contribution >= 0.6 is 23.2 Å². The average Bonchev–Trinajstić information content (AvgIpc) is 2.83. The molecule has 0 radical (unpaired) electrons. The number of nitrogens with two attached hydrogens (primary N) is 1. The maximum absolute atomic E-state index is 6.47. The zero-order valence-electron chi connectivity index (χ0n) is 10.9. The van der Waals surface area contributed by atoms with Crippen molar-refractivity contribution < 1.29 is 0 Å². The van der Waals surface area contributed by atoms with E-state index in [9.17, 15) is 0 Å². The first-order valence-electron chi connectivity index (χ1n) is 7.34. The van der Waals surface area contributed by atoms with Crippen LogP contribution in [0.3, 0.4) is 0 Å². The summed E-state index contributed by atoms with van der Waals surface area (Å²) in [6, 6.07) is 5.94. The van der Waals surface area contributed by atoms with Gasteiger partial charge in [0.15, 0.2) is 0 Å². The van der Waals surface area contributed by atoms with Crippen molar-refractivity contribution >= 4 is 23.2 Å². The van der Waals surface area contributed by atoms with E-state index in [1.54, 1.807) is 0 Å². The molecule has 102 valence electrons. The van der Waals surface area contributed by atoms with Gasteiger partial charge in [0.2, 0.25) is 0 Å². The molecular weight excluding hydrogens is 277 g/mol. The highest BCUT2D eigenvalue weighted by molar-refractivity contribution is 6.33. The Morgan fingerprint density at radius 3 is 2.53 bits per heavy atom. The third-order valence-corrected chi connectivity index (χ3v) is 6.36. The maximum Gasteiger partial charge on any atom is 0.0439 e. The number of halogens is 2. The lowest BCUT2D eigenvalue weighted by Crippen LogP contribution is -2.28. The van der Waals surface area contributed by atoms with Gasteiger partial charge in [0, 0.05) is 16.1 Å². The quantitative estimate of drug-likeness (QED) is 0.890. The molecule has 3 aliphatic rings. The number of benzene rings is 1. The highest BCUT2D eigenvalue weighted by atomic mass is 35.5. The topological polar surface area (TPSA) is 26.0 Å². The van der Waals surface area contributed by atoms with Gasteiger partial charge in [-0.25, -0.2) is 0 Å². The van der Waals surface area contributed by atoms with E-state index in [1.807, 2.05) is 18.2 Å². The Labute approximate surface area is 124 Å². The van der Waals surface area contributed by atoms with Crippen LogP contribution in [0.15, 0.2) is 18.2 Å². The largest absolute Gasteiger partial charge is 0.327 e. The molecule has 19 heavy (non-hydrogen) atoms. The molecule has 0 heterocycles. The second kappa shape index (κ2) is 4.38. The first kappa shape index (κ1) is 12.5. The van der Waals surface area contributed by atoms with Crippen LogP contribution in [0.25, 0.3) is 0 Å². The van der Waals surface area contributed by atoms with Gasteiger partial charge in [0.1, 0.15) is 0 Å². The lowest BCUT2D eigenvalue weighted by molar-refractivity contribution is 0.409. The van der Waals surface area contributed by atoms with Crippen LogP contribution in [0.1, 0.15) is 24.8 Å². The average molecular weight is 296 g/mol. The van der Waals surface area contributed by atoms with Gasteiger partial charge < -0.3 is 5.73 Å². The highest BCUT2D eigenvalue weighted by Crippen LogP contribution is 2.70. The molecule has 0 aliphatic heterocycles. The Balaban J connectivity index is 1.48. The molecule has 1 aromatic rings. The minimum absolute atomic E-state index is 0.259. The van der Waals surface area contributed by atoms with Gasteiger partial charge in [0.25, 0.3) is 0 Å². The predicted octanol–water partition coefficient (Wildman–Crippen LogP) is 4.16. The number of fused-ring (bicyclic) bond motifs is 5. The molecule has 3 heteroatoms. The summed E-state index contributed by atoms with van der Waals surface area (Å²) in [5, 5.41) is 1.55. The summed E-state index contributed by atoms with van der Waals surface area (Å²) in [5.74, 6) is 4.60. The summed E-state index contributed by atoms with van der Waals surface area (Å²) in [5.41, 5.74) is 7.58. The predicted molar refractivity (Wildman–Crippen MR) is 79.4 cm³/mol. The van der Waals surface area contributed by atoms with Gasteiger partial charge in [-0.2, -0.15) is 0 Å². The Morgan fingerprint density at radius 1 is 1.16 bits per heavy atom. The van der Waals surface area contributed by atoms with Crippen LogP contribution < -0.4 is 5.73 Å². The van der Waals surface area contributed by atoms with E-state index in [4.69, 9.17) is 28.9 Å². The molecule has 0 aromatic heterocycles. The van der Waals surface area contributed by atoms with Crippen molar-refractivity contribution in [2.24, 2.45) is 35.3 Å². The number of hydrogen-bond acceptors (Lipinski definition) is 1. The smallest absolute Gasteiger partial charge is 0.0439 e. The molecule has 2 bridgehead atoms. The summed E-state index contributed by atoms with van der Waals surface area (Å²) >= 11 is 12.3. The van der Waals surface area contributed by atoms with Crippen LogP contribution in [-0.2, 0) is 6.42 Å². The second-order valence-electron chi connectivity index (χ2n) is 6.67. The fourth-order valence-electron chi connectivity index (χ4n) is 5.05. The van der Waals surface area contributed by atoms with Gasteiger partial charge in [-0.1, -0.05) is 23.2 Å². The molecule has 3 fully saturated rings. The lowest BCUT2D eigenvalue weighted by Gasteiger charge is -2.17. The van der Waals surface area contributed by atoms with E-state index in [0.717, 1.165) is 51.6 Å². The molecule has 1 aromatic carbocycles. The van der Waals surface area contributed by atoms with Crippen LogP contribution in [0.5, 0.6) is 0 Å². The molecule has 5 atom stereocenters. The monoisotopic (exact) mass is 295 g/mol. The lowest BCUT2D eigenvalue weighted by atomic mass is 9.94. The van der Waals surface area contributed by atoms with Crippen LogP contribution in [-0.4, -0.2) is 6.04 Å². The summed E-state index contributed by atoms with van der Waals surface area (Å²) < 4.78 is 0. The zero-order valence-corrected chi connectivity index (χ0v) is 12.4. The summed E-state index contributed by atoms with van der Waals surface area (Å²) in [4.78, 5) is 0. The van der Waals surface area contributed by atoms with E-state index in [2.05, 4.69) is 0 Å². The van der Waals surface area contributed by atoms with Crippen molar-refractivity contribution in [1.29, 1.82) is 0 Å². The zero-order chi connectivity index (χ0) is 13.1. The second-order valence-corrected chi connectivity index (χ2v) is 7.51.